The highest BCUT2D eigenvalue weighted by atomic mass is 32.2. The highest BCUT2D eigenvalue weighted by Gasteiger charge is 2.24. The molecule has 1 amide bonds. The Labute approximate surface area is 127 Å². The summed E-state index contributed by atoms with van der Waals surface area (Å²) in [6.45, 7) is 1.55. The van der Waals surface area contributed by atoms with E-state index in [2.05, 4.69) is 10.3 Å². The third-order valence-corrected chi connectivity index (χ3v) is 5.97. The maximum absolute atomic E-state index is 12.2. The largest absolute Gasteiger partial charge is 0.309 e. The van der Waals surface area contributed by atoms with E-state index in [1.54, 1.807) is 23.7 Å². The smallest absolute Gasteiger partial charge is 0.252 e. The molecule has 21 heavy (non-hydrogen) atoms. The number of likely N-dealkylation sites (N-methyl/N-ethyl adjacent to an activating group) is 1. The van der Waals surface area contributed by atoms with E-state index in [1.807, 2.05) is 13.0 Å². The standard InChI is InChI=1S/C13H15N3O3S2/c1-10-5-3-7-14-13(10)15-11(17)9-16(2)21(18,19)12-6-4-8-20-12/h3-8H,9H2,1-2H3,(H,14,15,17). The van der Waals surface area contributed by atoms with Gasteiger partial charge in [0.25, 0.3) is 10.0 Å². The highest BCUT2D eigenvalue weighted by molar-refractivity contribution is 7.91. The fourth-order valence-electron chi connectivity index (χ4n) is 1.64. The zero-order valence-electron chi connectivity index (χ0n) is 11.6. The maximum atomic E-state index is 12.2. The van der Waals surface area contributed by atoms with Gasteiger partial charge in [-0.05, 0) is 30.0 Å². The molecule has 8 heteroatoms. The van der Waals surface area contributed by atoms with Gasteiger partial charge in [0.15, 0.2) is 0 Å². The highest BCUT2D eigenvalue weighted by Crippen LogP contribution is 2.19. The number of thiophene rings is 1. The van der Waals surface area contributed by atoms with Gasteiger partial charge in [0.1, 0.15) is 10.0 Å². The lowest BCUT2D eigenvalue weighted by atomic mass is 10.3. The summed E-state index contributed by atoms with van der Waals surface area (Å²) in [5, 5.41) is 4.28. The Kier molecular flexibility index (Phi) is 4.71. The summed E-state index contributed by atoms with van der Waals surface area (Å²) >= 11 is 1.12. The molecule has 0 aliphatic heterocycles. The van der Waals surface area contributed by atoms with Crippen molar-refractivity contribution in [1.29, 1.82) is 0 Å². The molecule has 0 aliphatic rings. The van der Waals surface area contributed by atoms with E-state index >= 15 is 0 Å². The number of pyridine rings is 1. The molecule has 6 nitrogen and oxygen atoms in total. The van der Waals surface area contributed by atoms with Crippen LogP contribution in [0.1, 0.15) is 5.56 Å². The fourth-order valence-corrected chi connectivity index (χ4v) is 3.97. The molecular formula is C13H15N3O3S2. The second-order valence-corrected chi connectivity index (χ2v) is 7.63. The van der Waals surface area contributed by atoms with Gasteiger partial charge in [0.05, 0.1) is 6.54 Å². The minimum Gasteiger partial charge on any atom is -0.309 e. The number of rotatable bonds is 5. The number of anilines is 1. The first-order valence-corrected chi connectivity index (χ1v) is 8.44. The molecule has 2 rings (SSSR count). The van der Waals surface area contributed by atoms with Crippen molar-refractivity contribution in [2.45, 2.75) is 11.1 Å². The Morgan fingerprint density at radius 2 is 2.14 bits per heavy atom. The van der Waals surface area contributed by atoms with E-state index in [0.717, 1.165) is 21.2 Å². The first-order valence-electron chi connectivity index (χ1n) is 6.12. The summed E-state index contributed by atoms with van der Waals surface area (Å²) in [7, 11) is -2.25. The minimum absolute atomic E-state index is 0.215. The molecule has 0 bridgehead atoms. The number of aromatic nitrogens is 1. The lowest BCUT2D eigenvalue weighted by Gasteiger charge is -2.15. The van der Waals surface area contributed by atoms with Crippen molar-refractivity contribution in [1.82, 2.24) is 9.29 Å². The normalized spacial score (nSPS) is 11.6. The van der Waals surface area contributed by atoms with Crippen LogP contribution in [0.4, 0.5) is 5.82 Å². The van der Waals surface area contributed by atoms with Crippen molar-refractivity contribution in [3.63, 3.8) is 0 Å². The molecule has 0 fully saturated rings. The summed E-state index contributed by atoms with van der Waals surface area (Å²) in [6.07, 6.45) is 1.56. The van der Waals surface area contributed by atoms with Crippen LogP contribution in [0.2, 0.25) is 0 Å². The molecule has 0 aromatic carbocycles. The molecule has 0 unspecified atom stereocenters. The van der Waals surface area contributed by atoms with E-state index in [1.165, 1.54) is 13.1 Å². The van der Waals surface area contributed by atoms with Gasteiger partial charge < -0.3 is 5.32 Å². The van der Waals surface area contributed by atoms with Gasteiger partial charge >= 0.3 is 0 Å². The van der Waals surface area contributed by atoms with Gasteiger partial charge in [-0.1, -0.05) is 12.1 Å². The summed E-state index contributed by atoms with van der Waals surface area (Å²) in [6, 6.07) is 6.74. The van der Waals surface area contributed by atoms with Crippen LogP contribution in [-0.4, -0.2) is 37.2 Å². The number of hydrogen-bond acceptors (Lipinski definition) is 5. The van der Waals surface area contributed by atoms with Crippen molar-refractivity contribution in [3.8, 4) is 0 Å². The molecule has 0 aliphatic carbocycles. The van der Waals surface area contributed by atoms with Crippen molar-refractivity contribution in [2.24, 2.45) is 0 Å². The van der Waals surface area contributed by atoms with Crippen molar-refractivity contribution < 1.29 is 13.2 Å². The summed E-state index contributed by atoms with van der Waals surface area (Å²) in [5.41, 5.74) is 0.814. The van der Waals surface area contributed by atoms with Crippen LogP contribution in [0.5, 0.6) is 0 Å². The van der Waals surface area contributed by atoms with Crippen molar-refractivity contribution >= 4 is 33.1 Å². The topological polar surface area (TPSA) is 79.4 Å². The average Bonchev–Trinajstić information content (AvgIpc) is 2.96. The first-order chi connectivity index (χ1) is 9.91. The predicted octanol–water partition coefficient (Wildman–Crippen LogP) is 1.71. The SMILES string of the molecule is Cc1cccnc1NC(=O)CN(C)S(=O)(=O)c1cccs1. The van der Waals surface area contributed by atoms with Crippen LogP contribution >= 0.6 is 11.3 Å². The van der Waals surface area contributed by atoms with Crippen LogP contribution in [0.15, 0.2) is 40.1 Å². The molecule has 2 heterocycles. The number of carbonyl (C=O) groups is 1. The zero-order valence-corrected chi connectivity index (χ0v) is 13.2. The number of carbonyl (C=O) groups excluding carboxylic acids is 1. The number of nitrogens with one attached hydrogen (secondary N) is 1. The number of nitrogens with zero attached hydrogens (tertiary/aromatic N) is 2. The third kappa shape index (κ3) is 3.66. The Morgan fingerprint density at radius 3 is 2.76 bits per heavy atom. The Hall–Kier alpha value is -1.77. The van der Waals surface area contributed by atoms with E-state index < -0.39 is 15.9 Å². The van der Waals surface area contributed by atoms with Gasteiger partial charge in [-0.15, -0.1) is 11.3 Å². The Morgan fingerprint density at radius 1 is 1.38 bits per heavy atom. The van der Waals surface area contributed by atoms with E-state index in [9.17, 15) is 13.2 Å². The maximum Gasteiger partial charge on any atom is 0.252 e. The molecule has 0 spiro atoms. The molecular weight excluding hydrogens is 310 g/mol. The summed E-state index contributed by atoms with van der Waals surface area (Å²) < 4.78 is 25.6. The summed E-state index contributed by atoms with van der Waals surface area (Å²) in [4.78, 5) is 16.0. The lowest BCUT2D eigenvalue weighted by Crippen LogP contribution is -2.34. The second kappa shape index (κ2) is 6.33. The molecule has 2 aromatic heterocycles. The molecule has 0 radical (unpaired) electrons. The van der Waals surface area contributed by atoms with Gasteiger partial charge in [-0.2, -0.15) is 4.31 Å². The fraction of sp³-hybridized carbons (Fsp3) is 0.231. The number of sulfonamides is 1. The van der Waals surface area contributed by atoms with E-state index in [4.69, 9.17) is 0 Å². The Bertz CT molecular complexity index is 727. The molecule has 0 saturated heterocycles. The predicted molar refractivity (Wildman–Crippen MR) is 81.7 cm³/mol. The minimum atomic E-state index is -3.62. The van der Waals surface area contributed by atoms with Crippen molar-refractivity contribution in [2.75, 3.05) is 18.9 Å². The van der Waals surface area contributed by atoms with Gasteiger partial charge in [-0.3, -0.25) is 4.79 Å². The third-order valence-electron chi connectivity index (χ3n) is 2.79. The lowest BCUT2D eigenvalue weighted by molar-refractivity contribution is -0.116. The molecule has 2 aromatic rings. The zero-order chi connectivity index (χ0) is 15.5. The van der Waals surface area contributed by atoms with Gasteiger partial charge in [-0.25, -0.2) is 13.4 Å². The Balaban J connectivity index is 2.05. The number of aryl methyl sites for hydroxylation is 1. The van der Waals surface area contributed by atoms with Gasteiger partial charge in [0, 0.05) is 13.2 Å². The van der Waals surface area contributed by atoms with E-state index in [0.29, 0.717) is 5.82 Å². The van der Waals surface area contributed by atoms with Crippen LogP contribution < -0.4 is 5.32 Å². The quantitative estimate of drug-likeness (QED) is 0.907. The second-order valence-electron chi connectivity index (χ2n) is 4.41. The van der Waals surface area contributed by atoms with Gasteiger partial charge in [0.2, 0.25) is 5.91 Å². The van der Waals surface area contributed by atoms with E-state index in [-0.39, 0.29) is 10.8 Å². The molecule has 0 saturated carbocycles. The van der Waals surface area contributed by atoms with Crippen LogP contribution in [0.3, 0.4) is 0 Å². The van der Waals surface area contributed by atoms with Crippen LogP contribution in [0, 0.1) is 6.92 Å². The first kappa shape index (κ1) is 15.6. The van der Waals surface area contributed by atoms with Crippen molar-refractivity contribution in [3.05, 3.63) is 41.4 Å². The van der Waals surface area contributed by atoms with Crippen LogP contribution in [0.25, 0.3) is 0 Å². The molecule has 1 N–H and O–H groups in total. The number of amides is 1. The monoisotopic (exact) mass is 325 g/mol. The van der Waals surface area contributed by atoms with Crippen LogP contribution in [-0.2, 0) is 14.8 Å². The molecule has 0 atom stereocenters. The average molecular weight is 325 g/mol. The summed E-state index contributed by atoms with van der Waals surface area (Å²) in [5.74, 6) is 0.00357. The molecule has 112 valence electrons. The number of hydrogen-bond donors (Lipinski definition) is 1.